The maximum atomic E-state index is 4.48. The van der Waals surface area contributed by atoms with Crippen LogP contribution >= 0.6 is 0 Å². The van der Waals surface area contributed by atoms with Gasteiger partial charge in [0.25, 0.3) is 0 Å². The molecular formula is C12H16N4. The molecule has 3 rings (SSSR count). The summed E-state index contributed by atoms with van der Waals surface area (Å²) < 4.78 is 1.83. The van der Waals surface area contributed by atoms with Gasteiger partial charge in [-0.2, -0.15) is 4.98 Å². The zero-order valence-electron chi connectivity index (χ0n) is 9.70. The molecule has 0 spiro atoms. The molecule has 0 amide bonds. The smallest absolute Gasteiger partial charge is 0.243 e. The lowest BCUT2D eigenvalue weighted by atomic mass is 10.1. The van der Waals surface area contributed by atoms with Gasteiger partial charge in [-0.25, -0.2) is 4.52 Å². The summed E-state index contributed by atoms with van der Waals surface area (Å²) in [6.45, 7) is 5.32. The van der Waals surface area contributed by atoms with Crippen molar-refractivity contribution < 1.29 is 0 Å². The third kappa shape index (κ3) is 1.64. The predicted octanol–water partition coefficient (Wildman–Crippen LogP) is 2.25. The molecular weight excluding hydrogens is 200 g/mol. The first-order valence-corrected chi connectivity index (χ1v) is 5.72. The van der Waals surface area contributed by atoms with E-state index in [0.29, 0.717) is 5.41 Å². The van der Waals surface area contributed by atoms with Crippen molar-refractivity contribution in [2.24, 2.45) is 5.41 Å². The first kappa shape index (κ1) is 9.63. The molecule has 0 aromatic carbocycles. The van der Waals surface area contributed by atoms with Crippen molar-refractivity contribution in [3.8, 4) is 0 Å². The second kappa shape index (κ2) is 3.20. The van der Waals surface area contributed by atoms with Gasteiger partial charge in [0, 0.05) is 12.7 Å². The van der Waals surface area contributed by atoms with Crippen molar-refractivity contribution >= 4 is 11.6 Å². The van der Waals surface area contributed by atoms with Gasteiger partial charge in [0.2, 0.25) is 5.95 Å². The molecule has 4 heteroatoms. The Balaban J connectivity index is 1.85. The highest BCUT2D eigenvalue weighted by Gasteiger charge is 2.37. The van der Waals surface area contributed by atoms with E-state index in [9.17, 15) is 0 Å². The number of nitrogens with one attached hydrogen (secondary N) is 1. The third-order valence-electron chi connectivity index (χ3n) is 3.33. The lowest BCUT2D eigenvalue weighted by Gasteiger charge is -2.06. The average molecular weight is 216 g/mol. The summed E-state index contributed by atoms with van der Waals surface area (Å²) in [5.41, 5.74) is 2.57. The van der Waals surface area contributed by atoms with Crippen molar-refractivity contribution in [2.45, 2.75) is 26.7 Å². The van der Waals surface area contributed by atoms with Gasteiger partial charge in [0.15, 0.2) is 5.65 Å². The molecule has 0 bridgehead atoms. The topological polar surface area (TPSA) is 42.2 Å². The van der Waals surface area contributed by atoms with Gasteiger partial charge in [-0.1, -0.05) is 13.0 Å². The predicted molar refractivity (Wildman–Crippen MR) is 63.6 cm³/mol. The van der Waals surface area contributed by atoms with Crippen molar-refractivity contribution in [1.29, 1.82) is 0 Å². The molecule has 1 aliphatic rings. The summed E-state index contributed by atoms with van der Waals surface area (Å²) >= 11 is 0. The van der Waals surface area contributed by atoms with Gasteiger partial charge in [-0.15, -0.1) is 5.10 Å². The fourth-order valence-electron chi connectivity index (χ4n) is 1.80. The molecule has 1 aliphatic carbocycles. The molecule has 4 nitrogen and oxygen atoms in total. The molecule has 1 fully saturated rings. The fourth-order valence-corrected chi connectivity index (χ4v) is 1.80. The Morgan fingerprint density at radius 3 is 3.00 bits per heavy atom. The first-order chi connectivity index (χ1) is 7.66. The van der Waals surface area contributed by atoms with E-state index in [1.54, 1.807) is 0 Å². The summed E-state index contributed by atoms with van der Waals surface area (Å²) in [6, 6.07) is 4.04. The molecule has 0 unspecified atom stereocenters. The van der Waals surface area contributed by atoms with Crippen LogP contribution in [0.3, 0.4) is 0 Å². The molecule has 1 N–H and O–H groups in total. The Hall–Kier alpha value is -1.58. The van der Waals surface area contributed by atoms with Crippen LogP contribution in [0.5, 0.6) is 0 Å². The van der Waals surface area contributed by atoms with E-state index >= 15 is 0 Å². The number of fused-ring (bicyclic) bond motifs is 1. The van der Waals surface area contributed by atoms with Gasteiger partial charge in [0.05, 0.1) is 0 Å². The van der Waals surface area contributed by atoms with Crippen LogP contribution in [0.15, 0.2) is 18.3 Å². The second-order valence-corrected chi connectivity index (χ2v) is 5.06. The van der Waals surface area contributed by atoms with E-state index in [4.69, 9.17) is 0 Å². The minimum atomic E-state index is 0.479. The first-order valence-electron chi connectivity index (χ1n) is 5.72. The maximum Gasteiger partial charge on any atom is 0.243 e. The minimum Gasteiger partial charge on any atom is -0.352 e. The monoisotopic (exact) mass is 216 g/mol. The molecule has 2 aromatic rings. The molecule has 0 saturated heterocycles. The number of aryl methyl sites for hydroxylation is 1. The lowest BCUT2D eigenvalue weighted by molar-refractivity contribution is 0.607. The number of pyridine rings is 1. The molecule has 84 valence electrons. The van der Waals surface area contributed by atoms with Crippen LogP contribution in [0, 0.1) is 12.3 Å². The molecule has 1 saturated carbocycles. The fraction of sp³-hybridized carbons (Fsp3) is 0.500. The van der Waals surface area contributed by atoms with E-state index in [1.165, 1.54) is 12.8 Å². The van der Waals surface area contributed by atoms with Gasteiger partial charge in [0.1, 0.15) is 0 Å². The molecule has 0 atom stereocenters. The van der Waals surface area contributed by atoms with E-state index in [1.807, 2.05) is 16.8 Å². The highest BCUT2D eigenvalue weighted by atomic mass is 15.3. The van der Waals surface area contributed by atoms with Crippen LogP contribution in [0.2, 0.25) is 0 Å². The summed E-state index contributed by atoms with van der Waals surface area (Å²) in [6.07, 6.45) is 4.55. The van der Waals surface area contributed by atoms with Crippen molar-refractivity contribution in [2.75, 3.05) is 11.9 Å². The molecule has 0 aliphatic heterocycles. The van der Waals surface area contributed by atoms with Crippen LogP contribution in [0.4, 0.5) is 5.95 Å². The quantitative estimate of drug-likeness (QED) is 0.855. The van der Waals surface area contributed by atoms with Crippen molar-refractivity contribution in [1.82, 2.24) is 14.6 Å². The minimum absolute atomic E-state index is 0.479. The summed E-state index contributed by atoms with van der Waals surface area (Å²) in [7, 11) is 0. The number of hydrogen-bond donors (Lipinski definition) is 1. The van der Waals surface area contributed by atoms with Crippen molar-refractivity contribution in [3.05, 3.63) is 23.9 Å². The van der Waals surface area contributed by atoms with E-state index in [-0.39, 0.29) is 0 Å². The van der Waals surface area contributed by atoms with Crippen molar-refractivity contribution in [3.63, 3.8) is 0 Å². The Morgan fingerprint density at radius 2 is 2.31 bits per heavy atom. The largest absolute Gasteiger partial charge is 0.352 e. The second-order valence-electron chi connectivity index (χ2n) is 5.06. The van der Waals surface area contributed by atoms with E-state index in [0.717, 1.165) is 23.7 Å². The Kier molecular flexibility index (Phi) is 1.93. The molecule has 16 heavy (non-hydrogen) atoms. The number of hydrogen-bond acceptors (Lipinski definition) is 3. The molecule has 0 radical (unpaired) electrons. The van der Waals surface area contributed by atoms with Gasteiger partial charge < -0.3 is 5.32 Å². The zero-order chi connectivity index (χ0) is 11.2. The number of nitrogens with zero attached hydrogens (tertiary/aromatic N) is 3. The Labute approximate surface area is 94.7 Å². The lowest BCUT2D eigenvalue weighted by Crippen LogP contribution is -2.12. The highest BCUT2D eigenvalue weighted by Crippen LogP contribution is 2.44. The Bertz CT molecular complexity index is 525. The van der Waals surface area contributed by atoms with Gasteiger partial charge >= 0.3 is 0 Å². The summed E-state index contributed by atoms with van der Waals surface area (Å²) in [5, 5.41) is 7.72. The SMILES string of the molecule is Cc1cccn2nc(NCC3(C)CC3)nc12. The van der Waals surface area contributed by atoms with Crippen LogP contribution in [-0.4, -0.2) is 21.1 Å². The van der Waals surface area contributed by atoms with Crippen LogP contribution in [0.25, 0.3) is 5.65 Å². The van der Waals surface area contributed by atoms with Crippen LogP contribution in [-0.2, 0) is 0 Å². The van der Waals surface area contributed by atoms with Gasteiger partial charge in [-0.05, 0) is 36.8 Å². The van der Waals surface area contributed by atoms with Crippen LogP contribution in [0.1, 0.15) is 25.3 Å². The highest BCUT2D eigenvalue weighted by molar-refractivity contribution is 5.49. The number of anilines is 1. The maximum absolute atomic E-state index is 4.48. The standard InChI is InChI=1S/C12H16N4/c1-9-4-3-7-16-10(9)14-11(15-16)13-8-12(2)5-6-12/h3-4,7H,5-6,8H2,1-2H3,(H,13,15). The van der Waals surface area contributed by atoms with Gasteiger partial charge in [-0.3, -0.25) is 0 Å². The van der Waals surface area contributed by atoms with Crippen LogP contribution < -0.4 is 5.32 Å². The third-order valence-corrected chi connectivity index (χ3v) is 3.33. The average Bonchev–Trinajstić information content (AvgIpc) is 2.84. The summed E-state index contributed by atoms with van der Waals surface area (Å²) in [4.78, 5) is 4.48. The summed E-state index contributed by atoms with van der Waals surface area (Å²) in [5.74, 6) is 0.738. The van der Waals surface area contributed by atoms with E-state index < -0.39 is 0 Å². The normalized spacial score (nSPS) is 17.6. The Morgan fingerprint density at radius 1 is 1.50 bits per heavy atom. The number of rotatable bonds is 3. The van der Waals surface area contributed by atoms with E-state index in [2.05, 4.69) is 35.3 Å². The molecule has 2 heterocycles. The zero-order valence-corrected chi connectivity index (χ0v) is 9.70. The number of aromatic nitrogens is 3. The molecule has 2 aromatic heterocycles.